The number of nitrogens with two attached hydrogens (primary N) is 1. The van der Waals surface area contributed by atoms with Gasteiger partial charge in [0.15, 0.2) is 0 Å². The zero-order chi connectivity index (χ0) is 21.6. The van der Waals surface area contributed by atoms with Gasteiger partial charge in [-0.25, -0.2) is 0 Å². The van der Waals surface area contributed by atoms with E-state index in [1.54, 1.807) is 0 Å². The zero-order valence-electron chi connectivity index (χ0n) is 17.2. The SMILES string of the molecule is NCc1cccc(NC(C(=O)Nc2ccc(N3CCCCC3=O)cc2)c2cccs2)c1. The Balaban J connectivity index is 1.49. The molecular weight excluding hydrogens is 408 g/mol. The van der Waals surface area contributed by atoms with Crippen LogP contribution in [0.25, 0.3) is 0 Å². The minimum Gasteiger partial charge on any atom is -0.369 e. The lowest BCUT2D eigenvalue weighted by molar-refractivity contribution is -0.119. The number of thiophene rings is 1. The number of amides is 2. The highest BCUT2D eigenvalue weighted by Gasteiger charge is 2.23. The van der Waals surface area contributed by atoms with E-state index >= 15 is 0 Å². The monoisotopic (exact) mass is 434 g/mol. The van der Waals surface area contributed by atoms with Crippen molar-refractivity contribution in [1.29, 1.82) is 0 Å². The molecule has 2 amide bonds. The number of hydrogen-bond donors (Lipinski definition) is 3. The molecular formula is C24H26N4O2S. The van der Waals surface area contributed by atoms with Crippen molar-refractivity contribution in [2.24, 2.45) is 5.73 Å². The van der Waals surface area contributed by atoms with Crippen molar-refractivity contribution in [3.05, 3.63) is 76.5 Å². The molecule has 3 aromatic rings. The Labute approximate surface area is 186 Å². The second-order valence-electron chi connectivity index (χ2n) is 7.54. The van der Waals surface area contributed by atoms with E-state index in [4.69, 9.17) is 5.73 Å². The Hall–Kier alpha value is -3.16. The lowest BCUT2D eigenvalue weighted by Gasteiger charge is -2.27. The number of rotatable bonds is 7. The second-order valence-corrected chi connectivity index (χ2v) is 8.52. The van der Waals surface area contributed by atoms with Crippen LogP contribution in [0.2, 0.25) is 0 Å². The van der Waals surface area contributed by atoms with Gasteiger partial charge in [0, 0.05) is 41.4 Å². The summed E-state index contributed by atoms with van der Waals surface area (Å²) in [6.45, 7) is 1.19. The van der Waals surface area contributed by atoms with Crippen LogP contribution < -0.4 is 21.3 Å². The molecule has 0 bridgehead atoms. The summed E-state index contributed by atoms with van der Waals surface area (Å²) in [5.41, 5.74) is 9.15. The maximum atomic E-state index is 13.2. The number of carbonyl (C=O) groups excluding carboxylic acids is 2. The van der Waals surface area contributed by atoms with E-state index in [9.17, 15) is 9.59 Å². The maximum Gasteiger partial charge on any atom is 0.252 e. The maximum absolute atomic E-state index is 13.2. The van der Waals surface area contributed by atoms with Gasteiger partial charge in [-0.2, -0.15) is 0 Å². The van der Waals surface area contributed by atoms with Crippen LogP contribution in [0, 0.1) is 0 Å². The summed E-state index contributed by atoms with van der Waals surface area (Å²) in [5, 5.41) is 8.29. The number of anilines is 3. The summed E-state index contributed by atoms with van der Waals surface area (Å²) in [6, 6.07) is 18.6. The summed E-state index contributed by atoms with van der Waals surface area (Å²) in [5.74, 6) is 0.00658. The van der Waals surface area contributed by atoms with Gasteiger partial charge in [0.25, 0.3) is 5.91 Å². The predicted molar refractivity (Wildman–Crippen MR) is 126 cm³/mol. The Kier molecular flexibility index (Phi) is 6.64. The van der Waals surface area contributed by atoms with Crippen molar-refractivity contribution < 1.29 is 9.59 Å². The van der Waals surface area contributed by atoms with Crippen molar-refractivity contribution in [1.82, 2.24) is 0 Å². The topological polar surface area (TPSA) is 87.5 Å². The van der Waals surface area contributed by atoms with E-state index in [0.29, 0.717) is 18.7 Å². The van der Waals surface area contributed by atoms with E-state index < -0.39 is 6.04 Å². The van der Waals surface area contributed by atoms with Crippen molar-refractivity contribution in [3.63, 3.8) is 0 Å². The number of benzene rings is 2. The molecule has 0 radical (unpaired) electrons. The molecule has 4 N–H and O–H groups in total. The van der Waals surface area contributed by atoms with Crippen molar-refractivity contribution in [2.75, 3.05) is 22.1 Å². The van der Waals surface area contributed by atoms with Crippen molar-refractivity contribution in [3.8, 4) is 0 Å². The van der Waals surface area contributed by atoms with Crippen LogP contribution in [-0.4, -0.2) is 18.4 Å². The molecule has 31 heavy (non-hydrogen) atoms. The first-order chi connectivity index (χ1) is 15.1. The molecule has 2 heterocycles. The Morgan fingerprint density at radius 2 is 1.90 bits per heavy atom. The molecule has 1 unspecified atom stereocenters. The van der Waals surface area contributed by atoms with Crippen LogP contribution in [0.4, 0.5) is 17.1 Å². The normalized spacial score (nSPS) is 14.9. The van der Waals surface area contributed by atoms with Gasteiger partial charge < -0.3 is 21.3 Å². The van der Waals surface area contributed by atoms with Crippen molar-refractivity contribution in [2.45, 2.75) is 31.8 Å². The predicted octanol–water partition coefficient (Wildman–Crippen LogP) is 4.52. The highest BCUT2D eigenvalue weighted by molar-refractivity contribution is 7.10. The first kappa shape index (κ1) is 21.1. The third kappa shape index (κ3) is 5.13. The van der Waals surface area contributed by atoms with Crippen molar-refractivity contribution >= 4 is 40.2 Å². The van der Waals surface area contributed by atoms with Crippen LogP contribution in [0.1, 0.15) is 35.7 Å². The molecule has 0 spiro atoms. The molecule has 1 aromatic heterocycles. The minimum atomic E-state index is -0.531. The molecule has 2 aromatic carbocycles. The van der Waals surface area contributed by atoms with Gasteiger partial charge in [-0.1, -0.05) is 18.2 Å². The van der Waals surface area contributed by atoms with E-state index in [0.717, 1.165) is 41.2 Å². The lowest BCUT2D eigenvalue weighted by Crippen LogP contribution is -2.35. The number of hydrogen-bond acceptors (Lipinski definition) is 5. The zero-order valence-corrected chi connectivity index (χ0v) is 18.0. The summed E-state index contributed by atoms with van der Waals surface area (Å²) < 4.78 is 0. The number of nitrogens with zero attached hydrogens (tertiary/aromatic N) is 1. The van der Waals surface area contributed by atoms with E-state index in [1.807, 2.05) is 70.9 Å². The molecule has 160 valence electrons. The molecule has 0 aliphatic carbocycles. The average molecular weight is 435 g/mol. The fourth-order valence-electron chi connectivity index (χ4n) is 3.69. The van der Waals surface area contributed by atoms with E-state index in [-0.39, 0.29) is 11.8 Å². The Bertz CT molecular complexity index is 1030. The summed E-state index contributed by atoms with van der Waals surface area (Å²) in [4.78, 5) is 28.0. The Morgan fingerprint density at radius 3 is 2.61 bits per heavy atom. The van der Waals surface area contributed by atoms with Crippen LogP contribution >= 0.6 is 11.3 Å². The van der Waals surface area contributed by atoms with Gasteiger partial charge in [0.05, 0.1) is 0 Å². The fraction of sp³-hybridized carbons (Fsp3) is 0.250. The largest absolute Gasteiger partial charge is 0.369 e. The first-order valence-electron chi connectivity index (χ1n) is 10.4. The summed E-state index contributed by atoms with van der Waals surface area (Å²) in [7, 11) is 0. The molecule has 1 aliphatic rings. The molecule has 1 fully saturated rings. The van der Waals surface area contributed by atoms with Gasteiger partial charge >= 0.3 is 0 Å². The second kappa shape index (κ2) is 9.76. The minimum absolute atomic E-state index is 0.151. The molecule has 4 rings (SSSR count). The number of carbonyl (C=O) groups is 2. The van der Waals surface area contributed by atoms with Gasteiger partial charge in [-0.05, 0) is 66.2 Å². The fourth-order valence-corrected chi connectivity index (χ4v) is 4.47. The van der Waals surface area contributed by atoms with E-state index in [2.05, 4.69) is 10.6 Å². The molecule has 1 atom stereocenters. The smallest absolute Gasteiger partial charge is 0.252 e. The third-order valence-electron chi connectivity index (χ3n) is 5.33. The van der Waals surface area contributed by atoms with Gasteiger partial charge in [0.1, 0.15) is 6.04 Å². The third-order valence-corrected chi connectivity index (χ3v) is 6.27. The van der Waals surface area contributed by atoms with E-state index in [1.165, 1.54) is 11.3 Å². The average Bonchev–Trinajstić information content (AvgIpc) is 3.33. The lowest BCUT2D eigenvalue weighted by atomic mass is 10.1. The highest BCUT2D eigenvalue weighted by Crippen LogP contribution is 2.27. The van der Waals surface area contributed by atoms with Crippen LogP contribution in [0.15, 0.2) is 66.0 Å². The quantitative estimate of drug-likeness (QED) is 0.510. The van der Waals surface area contributed by atoms with Gasteiger partial charge in [0.2, 0.25) is 5.91 Å². The summed E-state index contributed by atoms with van der Waals surface area (Å²) in [6.07, 6.45) is 2.57. The first-order valence-corrected chi connectivity index (χ1v) is 11.3. The summed E-state index contributed by atoms with van der Waals surface area (Å²) >= 11 is 1.53. The van der Waals surface area contributed by atoms with Crippen LogP contribution in [0.5, 0.6) is 0 Å². The van der Waals surface area contributed by atoms with Crippen LogP contribution in [0.3, 0.4) is 0 Å². The molecule has 1 saturated heterocycles. The molecule has 7 heteroatoms. The molecule has 1 aliphatic heterocycles. The number of piperidine rings is 1. The van der Waals surface area contributed by atoms with Gasteiger partial charge in [-0.3, -0.25) is 9.59 Å². The Morgan fingerprint density at radius 1 is 1.06 bits per heavy atom. The number of nitrogens with one attached hydrogen (secondary N) is 2. The van der Waals surface area contributed by atoms with Crippen LogP contribution in [-0.2, 0) is 16.1 Å². The standard InChI is InChI=1S/C24H26N4O2S/c25-16-17-5-3-6-19(15-17)26-23(21-7-4-14-31-21)24(30)27-18-9-11-20(12-10-18)28-13-2-1-8-22(28)29/h3-7,9-12,14-15,23,26H,1-2,8,13,16,25H2,(H,27,30). The van der Waals surface area contributed by atoms with Gasteiger partial charge in [-0.15, -0.1) is 11.3 Å². The molecule has 6 nitrogen and oxygen atoms in total. The molecule has 0 saturated carbocycles. The highest BCUT2D eigenvalue weighted by atomic mass is 32.1.